The van der Waals surface area contributed by atoms with E-state index in [9.17, 15) is 4.79 Å². The van der Waals surface area contributed by atoms with E-state index in [0.717, 1.165) is 25.5 Å². The minimum atomic E-state index is 0.251. The maximum Gasteiger partial charge on any atom is 0.123 e. The Morgan fingerprint density at radius 3 is 2.24 bits per heavy atom. The van der Waals surface area contributed by atoms with Gasteiger partial charge in [0.1, 0.15) is 6.29 Å². The summed E-state index contributed by atoms with van der Waals surface area (Å²) in [6.45, 7) is 4.39. The van der Waals surface area contributed by atoms with Gasteiger partial charge in [-0.25, -0.2) is 0 Å². The maximum atomic E-state index is 10.7. The number of aldehydes is 1. The van der Waals surface area contributed by atoms with Crippen molar-refractivity contribution in [2.75, 3.05) is 0 Å². The standard InChI is InChI=1S/C16H30O/c1-3-5-6-7-8-9-10-11-12-14-16(15-17)13-4-2/h11-12,15-16H,3-10,13-14H2,1-2H3. The Morgan fingerprint density at radius 2 is 1.59 bits per heavy atom. The van der Waals surface area contributed by atoms with Gasteiger partial charge in [-0.05, 0) is 25.7 Å². The van der Waals surface area contributed by atoms with Gasteiger partial charge in [0.15, 0.2) is 0 Å². The highest BCUT2D eigenvalue weighted by Crippen LogP contribution is 2.10. The van der Waals surface area contributed by atoms with Gasteiger partial charge >= 0.3 is 0 Å². The molecular formula is C16H30O. The summed E-state index contributed by atoms with van der Waals surface area (Å²) < 4.78 is 0. The summed E-state index contributed by atoms with van der Waals surface area (Å²) in [6.07, 6.45) is 18.0. The molecule has 1 unspecified atom stereocenters. The second-order valence-electron chi connectivity index (χ2n) is 4.95. The average molecular weight is 238 g/mol. The first kappa shape index (κ1) is 16.4. The molecule has 0 aliphatic carbocycles. The zero-order valence-corrected chi connectivity index (χ0v) is 11.8. The Morgan fingerprint density at radius 1 is 0.882 bits per heavy atom. The lowest BCUT2D eigenvalue weighted by molar-refractivity contribution is -0.111. The second kappa shape index (κ2) is 13.5. The van der Waals surface area contributed by atoms with Crippen LogP contribution >= 0.6 is 0 Å². The lowest BCUT2D eigenvalue weighted by Crippen LogP contribution is -1.99. The minimum Gasteiger partial charge on any atom is -0.303 e. The predicted octanol–water partition coefficient (Wildman–Crippen LogP) is 5.30. The Hall–Kier alpha value is -0.590. The molecule has 1 atom stereocenters. The maximum absolute atomic E-state index is 10.7. The summed E-state index contributed by atoms with van der Waals surface area (Å²) >= 11 is 0. The van der Waals surface area contributed by atoms with Gasteiger partial charge < -0.3 is 4.79 Å². The topological polar surface area (TPSA) is 17.1 Å². The Balaban J connectivity index is 3.32. The molecule has 1 heteroatoms. The van der Waals surface area contributed by atoms with Crippen molar-refractivity contribution in [2.45, 2.75) is 78.1 Å². The molecule has 1 nitrogen and oxygen atoms in total. The van der Waals surface area contributed by atoms with Gasteiger partial charge in [0, 0.05) is 5.92 Å². The normalized spacial score (nSPS) is 13.1. The molecule has 0 saturated heterocycles. The second-order valence-corrected chi connectivity index (χ2v) is 4.95. The summed E-state index contributed by atoms with van der Waals surface area (Å²) in [6, 6.07) is 0. The molecule has 0 fully saturated rings. The fourth-order valence-corrected chi connectivity index (χ4v) is 2.04. The number of unbranched alkanes of at least 4 members (excludes halogenated alkanes) is 6. The smallest absolute Gasteiger partial charge is 0.123 e. The Labute approximate surface area is 108 Å². The number of allylic oxidation sites excluding steroid dienone is 2. The van der Waals surface area contributed by atoms with E-state index in [1.807, 2.05) is 0 Å². The van der Waals surface area contributed by atoms with Crippen LogP contribution in [0.4, 0.5) is 0 Å². The quantitative estimate of drug-likeness (QED) is 0.256. The molecule has 100 valence electrons. The molecule has 0 bridgehead atoms. The van der Waals surface area contributed by atoms with Crippen LogP contribution in [0.3, 0.4) is 0 Å². The van der Waals surface area contributed by atoms with E-state index in [1.165, 1.54) is 44.9 Å². The van der Waals surface area contributed by atoms with Crippen LogP contribution in [0.5, 0.6) is 0 Å². The van der Waals surface area contributed by atoms with E-state index in [2.05, 4.69) is 26.0 Å². The lowest BCUT2D eigenvalue weighted by atomic mass is 10.0. The largest absolute Gasteiger partial charge is 0.303 e. The van der Waals surface area contributed by atoms with E-state index >= 15 is 0 Å². The fourth-order valence-electron chi connectivity index (χ4n) is 2.04. The molecule has 0 aliphatic rings. The van der Waals surface area contributed by atoms with Crippen molar-refractivity contribution < 1.29 is 4.79 Å². The van der Waals surface area contributed by atoms with Crippen LogP contribution in [-0.2, 0) is 4.79 Å². The number of hydrogen-bond donors (Lipinski definition) is 0. The first-order valence-electron chi connectivity index (χ1n) is 7.45. The van der Waals surface area contributed by atoms with E-state index in [0.29, 0.717) is 0 Å². The summed E-state index contributed by atoms with van der Waals surface area (Å²) in [5.41, 5.74) is 0. The molecule has 0 spiro atoms. The van der Waals surface area contributed by atoms with Crippen molar-refractivity contribution in [3.63, 3.8) is 0 Å². The van der Waals surface area contributed by atoms with Gasteiger partial charge in [0.2, 0.25) is 0 Å². The van der Waals surface area contributed by atoms with Crippen molar-refractivity contribution in [2.24, 2.45) is 5.92 Å². The fraction of sp³-hybridized carbons (Fsp3) is 0.812. The van der Waals surface area contributed by atoms with Crippen molar-refractivity contribution in [1.29, 1.82) is 0 Å². The molecule has 0 N–H and O–H groups in total. The third-order valence-corrected chi connectivity index (χ3v) is 3.18. The highest BCUT2D eigenvalue weighted by atomic mass is 16.1. The van der Waals surface area contributed by atoms with Gasteiger partial charge in [-0.15, -0.1) is 0 Å². The predicted molar refractivity (Wildman–Crippen MR) is 76.2 cm³/mol. The molecule has 17 heavy (non-hydrogen) atoms. The Bertz CT molecular complexity index is 184. The molecule has 0 aromatic heterocycles. The van der Waals surface area contributed by atoms with Gasteiger partial charge in [-0.1, -0.05) is 64.5 Å². The lowest BCUT2D eigenvalue weighted by Gasteiger charge is -2.03. The highest BCUT2D eigenvalue weighted by Gasteiger charge is 2.02. The first-order valence-corrected chi connectivity index (χ1v) is 7.45. The zero-order chi connectivity index (χ0) is 12.8. The molecular weight excluding hydrogens is 208 g/mol. The van der Waals surface area contributed by atoms with Crippen LogP contribution < -0.4 is 0 Å². The van der Waals surface area contributed by atoms with Crippen molar-refractivity contribution in [3.05, 3.63) is 12.2 Å². The first-order chi connectivity index (χ1) is 8.35. The average Bonchev–Trinajstić information content (AvgIpc) is 2.35. The molecule has 0 saturated carbocycles. The van der Waals surface area contributed by atoms with Gasteiger partial charge in [0.25, 0.3) is 0 Å². The molecule has 0 aliphatic heterocycles. The number of hydrogen-bond acceptors (Lipinski definition) is 1. The van der Waals surface area contributed by atoms with E-state index in [1.54, 1.807) is 0 Å². The number of rotatable bonds is 12. The van der Waals surface area contributed by atoms with Crippen LogP contribution in [-0.4, -0.2) is 6.29 Å². The third kappa shape index (κ3) is 11.7. The zero-order valence-electron chi connectivity index (χ0n) is 11.8. The van der Waals surface area contributed by atoms with Gasteiger partial charge in [0.05, 0.1) is 0 Å². The summed E-state index contributed by atoms with van der Waals surface area (Å²) in [5, 5.41) is 0. The molecule has 0 radical (unpaired) electrons. The SMILES string of the molecule is CCCCCCCCC=CCC(C=O)CCC. The third-order valence-electron chi connectivity index (χ3n) is 3.18. The molecule has 0 heterocycles. The number of carbonyl (C=O) groups is 1. The monoisotopic (exact) mass is 238 g/mol. The molecule has 0 amide bonds. The van der Waals surface area contributed by atoms with Crippen LogP contribution in [0.1, 0.15) is 78.1 Å². The summed E-state index contributed by atoms with van der Waals surface area (Å²) in [7, 11) is 0. The van der Waals surface area contributed by atoms with Crippen molar-refractivity contribution in [1.82, 2.24) is 0 Å². The molecule has 0 rings (SSSR count). The van der Waals surface area contributed by atoms with Crippen molar-refractivity contribution in [3.8, 4) is 0 Å². The van der Waals surface area contributed by atoms with E-state index in [4.69, 9.17) is 0 Å². The van der Waals surface area contributed by atoms with Crippen LogP contribution in [0, 0.1) is 5.92 Å². The minimum absolute atomic E-state index is 0.251. The summed E-state index contributed by atoms with van der Waals surface area (Å²) in [4.78, 5) is 10.7. The van der Waals surface area contributed by atoms with Gasteiger partial charge in [-0.3, -0.25) is 0 Å². The van der Waals surface area contributed by atoms with Crippen LogP contribution in [0.25, 0.3) is 0 Å². The highest BCUT2D eigenvalue weighted by molar-refractivity contribution is 5.53. The van der Waals surface area contributed by atoms with Gasteiger partial charge in [-0.2, -0.15) is 0 Å². The molecule has 0 aromatic carbocycles. The number of carbonyl (C=O) groups excluding carboxylic acids is 1. The van der Waals surface area contributed by atoms with Crippen LogP contribution in [0.15, 0.2) is 12.2 Å². The van der Waals surface area contributed by atoms with Crippen molar-refractivity contribution >= 4 is 6.29 Å². The van der Waals surface area contributed by atoms with E-state index < -0.39 is 0 Å². The Kier molecular flexibility index (Phi) is 13.0. The van der Waals surface area contributed by atoms with Crippen LogP contribution in [0.2, 0.25) is 0 Å². The molecule has 0 aromatic rings. The summed E-state index contributed by atoms with van der Waals surface area (Å²) in [5.74, 6) is 0.251. The van der Waals surface area contributed by atoms with E-state index in [-0.39, 0.29) is 5.92 Å².